The van der Waals surface area contributed by atoms with E-state index in [0.717, 1.165) is 47.9 Å². The monoisotopic (exact) mass is 296 g/mol. The number of aryl methyl sites for hydroxylation is 1. The lowest BCUT2D eigenvalue weighted by atomic mass is 10.0. The minimum absolute atomic E-state index is 0.390. The minimum atomic E-state index is -0.463. The molecule has 3 heteroatoms. The summed E-state index contributed by atoms with van der Waals surface area (Å²) in [6, 6.07) is 4.22. The molecule has 0 saturated heterocycles. The lowest BCUT2D eigenvalue weighted by Crippen LogP contribution is -2.13. The van der Waals surface area contributed by atoms with Crippen LogP contribution in [0.4, 0.5) is 0 Å². The number of benzene rings is 1. The average Bonchev–Trinajstić information content (AvgIpc) is 3.11. The first-order valence-corrected chi connectivity index (χ1v) is 7.03. The third-order valence-corrected chi connectivity index (χ3v) is 4.01. The number of hydrogen-bond donors (Lipinski definition) is 1. The van der Waals surface area contributed by atoms with Crippen LogP contribution in [-0.2, 0) is 6.42 Å². The zero-order valence-corrected chi connectivity index (χ0v) is 11.6. The first-order valence-electron chi connectivity index (χ1n) is 6.24. The molecule has 1 N–H and O–H groups in total. The average molecular weight is 297 g/mol. The van der Waals surface area contributed by atoms with Crippen molar-refractivity contribution >= 4 is 15.9 Å². The Morgan fingerprint density at radius 3 is 2.71 bits per heavy atom. The van der Waals surface area contributed by atoms with Crippen molar-refractivity contribution in [2.45, 2.75) is 50.7 Å². The number of halogens is 1. The number of rotatable bonds is 4. The third-order valence-electron chi connectivity index (χ3n) is 3.42. The Morgan fingerprint density at radius 2 is 2.12 bits per heavy atom. The van der Waals surface area contributed by atoms with Gasteiger partial charge in [-0.3, -0.25) is 0 Å². The molecule has 92 valence electrons. The first kappa shape index (κ1) is 11.5. The van der Waals surface area contributed by atoms with E-state index in [9.17, 15) is 5.11 Å². The molecule has 2 saturated carbocycles. The fourth-order valence-electron chi connectivity index (χ4n) is 2.09. The van der Waals surface area contributed by atoms with Gasteiger partial charge in [-0.05, 0) is 65.7 Å². The lowest BCUT2D eigenvalue weighted by Gasteiger charge is -2.16. The second-order valence-corrected chi connectivity index (χ2v) is 6.31. The van der Waals surface area contributed by atoms with Gasteiger partial charge in [-0.25, -0.2) is 0 Å². The van der Waals surface area contributed by atoms with Crippen molar-refractivity contribution in [1.82, 2.24) is 0 Å². The van der Waals surface area contributed by atoms with Crippen molar-refractivity contribution in [1.29, 1.82) is 0 Å². The van der Waals surface area contributed by atoms with E-state index in [4.69, 9.17) is 4.74 Å². The molecule has 0 aliphatic heterocycles. The Morgan fingerprint density at radius 1 is 1.41 bits per heavy atom. The third kappa shape index (κ3) is 2.66. The van der Waals surface area contributed by atoms with Gasteiger partial charge in [0.2, 0.25) is 0 Å². The SMILES string of the molecule is Cc1cc(Br)c(OC2CC2)c(CC2(O)CC2)c1. The quantitative estimate of drug-likeness (QED) is 0.923. The molecule has 3 rings (SSSR count). The fraction of sp³-hybridized carbons (Fsp3) is 0.571. The normalized spacial score (nSPS) is 21.4. The Bertz CT molecular complexity index is 448. The highest BCUT2D eigenvalue weighted by Gasteiger charge is 2.41. The van der Waals surface area contributed by atoms with Crippen LogP contribution in [0, 0.1) is 6.92 Å². The van der Waals surface area contributed by atoms with Crippen LogP contribution in [0.1, 0.15) is 36.8 Å². The van der Waals surface area contributed by atoms with Crippen molar-refractivity contribution in [2.24, 2.45) is 0 Å². The Hall–Kier alpha value is -0.540. The van der Waals surface area contributed by atoms with Crippen LogP contribution < -0.4 is 4.74 Å². The maximum absolute atomic E-state index is 10.1. The molecule has 1 aromatic rings. The van der Waals surface area contributed by atoms with Gasteiger partial charge in [0.15, 0.2) is 0 Å². The molecule has 1 aromatic carbocycles. The maximum atomic E-state index is 10.1. The summed E-state index contributed by atoms with van der Waals surface area (Å²) in [5, 5.41) is 10.1. The van der Waals surface area contributed by atoms with E-state index in [1.807, 2.05) is 0 Å². The van der Waals surface area contributed by atoms with E-state index in [2.05, 4.69) is 35.0 Å². The Labute approximate surface area is 110 Å². The summed E-state index contributed by atoms with van der Waals surface area (Å²) in [7, 11) is 0. The molecule has 2 aliphatic rings. The Balaban J connectivity index is 1.91. The molecule has 0 atom stereocenters. The molecule has 0 unspecified atom stereocenters. The van der Waals surface area contributed by atoms with Crippen LogP contribution in [-0.4, -0.2) is 16.8 Å². The van der Waals surface area contributed by atoms with Crippen molar-refractivity contribution in [3.05, 3.63) is 27.7 Å². The highest BCUT2D eigenvalue weighted by atomic mass is 79.9. The molecule has 0 amide bonds. The summed E-state index contributed by atoms with van der Waals surface area (Å²) in [5.74, 6) is 0.943. The van der Waals surface area contributed by atoms with Crippen LogP contribution in [0.25, 0.3) is 0 Å². The van der Waals surface area contributed by atoms with Crippen LogP contribution in [0.15, 0.2) is 16.6 Å². The highest BCUT2D eigenvalue weighted by molar-refractivity contribution is 9.10. The Kier molecular flexibility index (Phi) is 2.71. The van der Waals surface area contributed by atoms with E-state index in [0.29, 0.717) is 6.10 Å². The summed E-state index contributed by atoms with van der Waals surface area (Å²) in [6.07, 6.45) is 5.26. The van der Waals surface area contributed by atoms with Gasteiger partial charge < -0.3 is 9.84 Å². The van der Waals surface area contributed by atoms with Crippen molar-refractivity contribution in [3.63, 3.8) is 0 Å². The molecule has 2 aliphatic carbocycles. The van der Waals surface area contributed by atoms with Crippen LogP contribution in [0.2, 0.25) is 0 Å². The molecular weight excluding hydrogens is 280 g/mol. The van der Waals surface area contributed by atoms with Crippen LogP contribution in [0.5, 0.6) is 5.75 Å². The predicted octanol–water partition coefficient (Wildman–Crippen LogP) is 3.37. The zero-order chi connectivity index (χ0) is 12.0. The summed E-state index contributed by atoms with van der Waals surface area (Å²) in [6.45, 7) is 2.08. The number of hydrogen-bond acceptors (Lipinski definition) is 2. The molecular formula is C14H17BrO2. The lowest BCUT2D eigenvalue weighted by molar-refractivity contribution is 0.149. The van der Waals surface area contributed by atoms with Gasteiger partial charge in [-0.1, -0.05) is 6.07 Å². The molecule has 0 radical (unpaired) electrons. The largest absolute Gasteiger partial charge is 0.489 e. The molecule has 2 fully saturated rings. The van der Waals surface area contributed by atoms with Crippen LogP contribution >= 0.6 is 15.9 Å². The second-order valence-electron chi connectivity index (χ2n) is 5.45. The second kappa shape index (κ2) is 3.99. The first-order chi connectivity index (χ1) is 8.06. The van der Waals surface area contributed by atoms with Gasteiger partial charge in [0, 0.05) is 6.42 Å². The van der Waals surface area contributed by atoms with Crippen molar-refractivity contribution in [3.8, 4) is 5.75 Å². The summed E-state index contributed by atoms with van der Waals surface area (Å²) in [5.41, 5.74) is 1.89. The number of aliphatic hydroxyl groups is 1. The van der Waals surface area contributed by atoms with E-state index in [1.54, 1.807) is 0 Å². The van der Waals surface area contributed by atoms with Gasteiger partial charge in [0.25, 0.3) is 0 Å². The van der Waals surface area contributed by atoms with E-state index in [1.165, 1.54) is 5.56 Å². The highest BCUT2D eigenvalue weighted by Crippen LogP contribution is 2.43. The smallest absolute Gasteiger partial charge is 0.137 e. The topological polar surface area (TPSA) is 29.5 Å². The van der Waals surface area contributed by atoms with Gasteiger partial charge >= 0.3 is 0 Å². The summed E-state index contributed by atoms with van der Waals surface area (Å²) in [4.78, 5) is 0. The van der Waals surface area contributed by atoms with E-state index in [-0.39, 0.29) is 0 Å². The summed E-state index contributed by atoms with van der Waals surface area (Å²) < 4.78 is 6.98. The van der Waals surface area contributed by atoms with Gasteiger partial charge in [-0.15, -0.1) is 0 Å². The standard InChI is InChI=1S/C14H17BrO2/c1-9-6-10(8-14(16)4-5-14)13(12(15)7-9)17-11-2-3-11/h6-7,11,16H,2-5,8H2,1H3. The molecule has 0 aromatic heterocycles. The summed E-state index contributed by atoms with van der Waals surface area (Å²) >= 11 is 3.58. The zero-order valence-electron chi connectivity index (χ0n) is 10.0. The fourth-order valence-corrected chi connectivity index (χ4v) is 2.80. The number of ether oxygens (including phenoxy) is 1. The maximum Gasteiger partial charge on any atom is 0.137 e. The van der Waals surface area contributed by atoms with Gasteiger partial charge in [0.05, 0.1) is 16.2 Å². The van der Waals surface area contributed by atoms with Crippen LogP contribution in [0.3, 0.4) is 0 Å². The minimum Gasteiger partial charge on any atom is -0.489 e. The van der Waals surface area contributed by atoms with Crippen molar-refractivity contribution in [2.75, 3.05) is 0 Å². The van der Waals surface area contributed by atoms with E-state index >= 15 is 0 Å². The van der Waals surface area contributed by atoms with Gasteiger partial charge in [0.1, 0.15) is 5.75 Å². The molecule has 2 nitrogen and oxygen atoms in total. The predicted molar refractivity (Wildman–Crippen MR) is 70.4 cm³/mol. The molecule has 17 heavy (non-hydrogen) atoms. The van der Waals surface area contributed by atoms with Crippen molar-refractivity contribution < 1.29 is 9.84 Å². The molecule has 0 bridgehead atoms. The van der Waals surface area contributed by atoms with E-state index < -0.39 is 5.60 Å². The molecule has 0 heterocycles. The molecule has 0 spiro atoms. The van der Waals surface area contributed by atoms with Gasteiger partial charge in [-0.2, -0.15) is 0 Å².